The molecule has 0 aliphatic carbocycles. The Bertz CT molecular complexity index is 398. The summed E-state index contributed by atoms with van der Waals surface area (Å²) >= 11 is 0. The zero-order valence-electron chi connectivity index (χ0n) is 11.9. The third-order valence-corrected chi connectivity index (χ3v) is 2.27. The summed E-state index contributed by atoms with van der Waals surface area (Å²) < 4.78 is 21.2. The van der Waals surface area contributed by atoms with Gasteiger partial charge in [-0.1, -0.05) is 5.11 Å². The quantitative estimate of drug-likeness (QED) is 0.239. The summed E-state index contributed by atoms with van der Waals surface area (Å²) in [6.45, 7) is 3.72. The highest BCUT2D eigenvalue weighted by Crippen LogP contribution is 2.05. The number of aromatic nitrogens is 1. The molecule has 0 spiro atoms. The Hall–Kier alpha value is -1.86. The number of hydrogen-bond donors (Lipinski definition) is 0. The molecule has 1 aromatic rings. The predicted molar refractivity (Wildman–Crippen MR) is 76.2 cm³/mol. The number of ether oxygens (including phenoxy) is 4. The molecule has 21 heavy (non-hydrogen) atoms. The molecule has 0 fully saturated rings. The van der Waals surface area contributed by atoms with Crippen LogP contribution in [0.3, 0.4) is 0 Å². The van der Waals surface area contributed by atoms with Crippen LogP contribution < -0.4 is 4.74 Å². The number of nitrogens with zero attached hydrogens (tertiary/aromatic N) is 4. The number of rotatable bonds is 13. The van der Waals surface area contributed by atoms with Crippen LogP contribution in [0.2, 0.25) is 0 Å². The molecular weight excluding hydrogens is 276 g/mol. The maximum Gasteiger partial charge on any atom is 0.137 e. The summed E-state index contributed by atoms with van der Waals surface area (Å²) in [4.78, 5) is 6.57. The Labute approximate surface area is 123 Å². The van der Waals surface area contributed by atoms with Crippen molar-refractivity contribution in [1.82, 2.24) is 4.98 Å². The molecule has 0 aliphatic heterocycles. The summed E-state index contributed by atoms with van der Waals surface area (Å²) in [6.07, 6.45) is 3.35. The van der Waals surface area contributed by atoms with E-state index in [-0.39, 0.29) is 0 Å². The Morgan fingerprint density at radius 3 is 2.29 bits per heavy atom. The first-order chi connectivity index (χ1) is 10.4. The second kappa shape index (κ2) is 13.1. The third kappa shape index (κ3) is 10.6. The fourth-order valence-electron chi connectivity index (χ4n) is 1.34. The van der Waals surface area contributed by atoms with E-state index >= 15 is 0 Å². The summed E-state index contributed by atoms with van der Waals surface area (Å²) in [7, 11) is 0. The van der Waals surface area contributed by atoms with Gasteiger partial charge in [-0.25, -0.2) is 0 Å². The molecule has 8 nitrogen and oxygen atoms in total. The Kier molecular flexibility index (Phi) is 10.8. The van der Waals surface area contributed by atoms with E-state index in [0.717, 1.165) is 5.75 Å². The van der Waals surface area contributed by atoms with Gasteiger partial charge in [-0.3, -0.25) is 4.98 Å². The summed E-state index contributed by atoms with van der Waals surface area (Å²) in [6, 6.07) is 3.66. The van der Waals surface area contributed by atoms with Gasteiger partial charge >= 0.3 is 0 Å². The van der Waals surface area contributed by atoms with E-state index < -0.39 is 0 Å². The molecule has 0 unspecified atom stereocenters. The van der Waals surface area contributed by atoms with Crippen LogP contribution in [0.5, 0.6) is 5.75 Å². The molecule has 1 aromatic heterocycles. The first-order valence-corrected chi connectivity index (χ1v) is 6.70. The highest BCUT2D eigenvalue weighted by atomic mass is 16.6. The molecule has 1 rings (SSSR count). The van der Waals surface area contributed by atoms with Gasteiger partial charge in [-0.05, 0) is 17.7 Å². The Morgan fingerprint density at radius 2 is 1.67 bits per heavy atom. The molecule has 0 saturated carbocycles. The second-order valence-corrected chi connectivity index (χ2v) is 3.83. The van der Waals surface area contributed by atoms with Gasteiger partial charge in [0.15, 0.2) is 0 Å². The van der Waals surface area contributed by atoms with E-state index in [4.69, 9.17) is 24.5 Å². The average Bonchev–Trinajstić information content (AvgIpc) is 2.53. The Balaban J connectivity index is 1.77. The van der Waals surface area contributed by atoms with Gasteiger partial charge in [-0.2, -0.15) is 0 Å². The third-order valence-electron chi connectivity index (χ3n) is 2.27. The monoisotopic (exact) mass is 296 g/mol. The van der Waals surface area contributed by atoms with E-state index in [0.29, 0.717) is 52.8 Å². The standard InChI is InChI=1S/C13H20N4O4/c14-17-16-4-5-18-6-7-19-8-9-20-10-11-21-13-2-1-3-15-12-13/h1-3,12H,4-11H2. The van der Waals surface area contributed by atoms with Crippen molar-refractivity contribution in [2.24, 2.45) is 5.11 Å². The molecule has 0 atom stereocenters. The van der Waals surface area contributed by atoms with E-state index in [1.165, 1.54) is 0 Å². The molecule has 0 amide bonds. The van der Waals surface area contributed by atoms with E-state index in [9.17, 15) is 0 Å². The minimum Gasteiger partial charge on any atom is -0.490 e. The minimum atomic E-state index is 0.344. The molecule has 0 radical (unpaired) electrons. The predicted octanol–water partition coefficient (Wildman–Crippen LogP) is 1.82. The maximum atomic E-state index is 8.04. The molecule has 0 aliphatic rings. The van der Waals surface area contributed by atoms with Gasteiger partial charge in [0.25, 0.3) is 0 Å². The lowest BCUT2D eigenvalue weighted by atomic mass is 10.5. The van der Waals surface area contributed by atoms with Crippen LogP contribution in [0.15, 0.2) is 29.6 Å². The number of azide groups is 1. The van der Waals surface area contributed by atoms with Gasteiger partial charge in [0.2, 0.25) is 0 Å². The fourth-order valence-corrected chi connectivity index (χ4v) is 1.34. The smallest absolute Gasteiger partial charge is 0.137 e. The van der Waals surface area contributed by atoms with E-state index in [2.05, 4.69) is 15.0 Å². The highest BCUT2D eigenvalue weighted by Gasteiger charge is 1.94. The zero-order chi connectivity index (χ0) is 15.0. The van der Waals surface area contributed by atoms with Crippen molar-refractivity contribution in [3.63, 3.8) is 0 Å². The minimum absolute atomic E-state index is 0.344. The number of pyridine rings is 1. The highest BCUT2D eigenvalue weighted by molar-refractivity contribution is 5.15. The van der Waals surface area contributed by atoms with Gasteiger partial charge in [-0.15, -0.1) is 0 Å². The molecule has 0 bridgehead atoms. The van der Waals surface area contributed by atoms with Crippen LogP contribution >= 0.6 is 0 Å². The first kappa shape index (κ1) is 17.2. The van der Waals surface area contributed by atoms with Gasteiger partial charge in [0.1, 0.15) is 12.4 Å². The van der Waals surface area contributed by atoms with Crippen molar-refractivity contribution in [3.05, 3.63) is 35.0 Å². The summed E-state index contributed by atoms with van der Waals surface area (Å²) in [5, 5.41) is 3.35. The van der Waals surface area contributed by atoms with Crippen LogP contribution in [0, 0.1) is 0 Å². The van der Waals surface area contributed by atoms with Crippen molar-refractivity contribution in [3.8, 4) is 5.75 Å². The SMILES string of the molecule is [N-]=[N+]=NCCOCCOCCOCCOc1cccnc1. The lowest BCUT2D eigenvalue weighted by molar-refractivity contribution is 0.0106. The van der Waals surface area contributed by atoms with Crippen LogP contribution in [0.4, 0.5) is 0 Å². The van der Waals surface area contributed by atoms with Crippen molar-refractivity contribution >= 4 is 0 Å². The first-order valence-electron chi connectivity index (χ1n) is 6.70. The lowest BCUT2D eigenvalue weighted by Crippen LogP contribution is -2.13. The molecular formula is C13H20N4O4. The van der Waals surface area contributed by atoms with E-state index in [1.54, 1.807) is 12.4 Å². The fraction of sp³-hybridized carbons (Fsp3) is 0.615. The summed E-state index contributed by atoms with van der Waals surface area (Å²) in [5.74, 6) is 0.732. The Morgan fingerprint density at radius 1 is 1.00 bits per heavy atom. The van der Waals surface area contributed by atoms with Crippen LogP contribution in [0.1, 0.15) is 0 Å². The van der Waals surface area contributed by atoms with E-state index in [1.807, 2.05) is 12.1 Å². The number of hydrogen-bond acceptors (Lipinski definition) is 6. The topological polar surface area (TPSA) is 98.6 Å². The lowest BCUT2D eigenvalue weighted by Gasteiger charge is -2.07. The van der Waals surface area contributed by atoms with Crippen molar-refractivity contribution in [2.45, 2.75) is 0 Å². The summed E-state index contributed by atoms with van der Waals surface area (Å²) in [5.41, 5.74) is 8.04. The largest absolute Gasteiger partial charge is 0.490 e. The average molecular weight is 296 g/mol. The maximum absolute atomic E-state index is 8.04. The van der Waals surface area contributed by atoms with Crippen molar-refractivity contribution < 1.29 is 18.9 Å². The zero-order valence-corrected chi connectivity index (χ0v) is 11.9. The van der Waals surface area contributed by atoms with Crippen LogP contribution in [0.25, 0.3) is 10.4 Å². The molecule has 8 heteroatoms. The molecule has 116 valence electrons. The van der Waals surface area contributed by atoms with Crippen LogP contribution in [-0.4, -0.2) is 57.8 Å². The molecule has 1 heterocycles. The second-order valence-electron chi connectivity index (χ2n) is 3.83. The van der Waals surface area contributed by atoms with Crippen molar-refractivity contribution in [1.29, 1.82) is 0 Å². The van der Waals surface area contributed by atoms with Gasteiger partial charge in [0.05, 0.1) is 45.8 Å². The van der Waals surface area contributed by atoms with Crippen molar-refractivity contribution in [2.75, 3.05) is 52.8 Å². The van der Waals surface area contributed by atoms with Gasteiger partial charge in [0, 0.05) is 17.7 Å². The molecule has 0 aromatic carbocycles. The molecule has 0 N–H and O–H groups in total. The molecule has 0 saturated heterocycles. The normalized spacial score (nSPS) is 10.1. The van der Waals surface area contributed by atoms with Gasteiger partial charge < -0.3 is 18.9 Å². The van der Waals surface area contributed by atoms with Crippen LogP contribution in [-0.2, 0) is 14.2 Å².